The molecule has 168 valence electrons. The number of amides is 3. The predicted molar refractivity (Wildman–Crippen MR) is 126 cm³/mol. The minimum absolute atomic E-state index is 0.0693. The van der Waals surface area contributed by atoms with Crippen molar-refractivity contribution in [2.75, 3.05) is 5.73 Å². The quantitative estimate of drug-likeness (QED) is 0.487. The molecule has 0 unspecified atom stereocenters. The van der Waals surface area contributed by atoms with Crippen molar-refractivity contribution in [2.24, 2.45) is 5.73 Å². The van der Waals surface area contributed by atoms with E-state index >= 15 is 0 Å². The van der Waals surface area contributed by atoms with Crippen LogP contribution in [-0.4, -0.2) is 32.5 Å². The highest BCUT2D eigenvalue weighted by Crippen LogP contribution is 2.32. The topological polar surface area (TPSA) is 131 Å². The minimum atomic E-state index is -0.902. The number of carbonyl (C=O) groups excluding carboxylic acids is 3. The van der Waals surface area contributed by atoms with E-state index in [-0.39, 0.29) is 28.7 Å². The maximum Gasteiger partial charge on any atom is 0.270 e. The molecule has 0 aliphatic heterocycles. The van der Waals surface area contributed by atoms with Crippen LogP contribution in [0, 0.1) is 0 Å². The lowest BCUT2D eigenvalue weighted by Gasteiger charge is -2.33. The largest absolute Gasteiger partial charge is 0.395 e. The standard InChI is InChI=1S/C22H25N5O3S2/c1-22(2,3)25-20(29)17(14-10-7-11-31-14)27(12-13-8-5-4-6-9-13)21(30)18-15(23)16(19(24)28)26-32-18/h4-11,17H,12,23H2,1-3H3,(H2,24,28)(H,25,29)/t17-/m1/s1. The van der Waals surface area contributed by atoms with E-state index in [4.69, 9.17) is 11.5 Å². The highest BCUT2D eigenvalue weighted by Gasteiger charge is 2.36. The average Bonchev–Trinajstić information content (AvgIpc) is 3.36. The molecule has 5 N–H and O–H groups in total. The second-order valence-corrected chi connectivity index (χ2v) is 9.97. The molecule has 1 atom stereocenters. The van der Waals surface area contributed by atoms with Crippen LogP contribution in [0.15, 0.2) is 47.8 Å². The molecule has 10 heteroatoms. The van der Waals surface area contributed by atoms with E-state index in [0.29, 0.717) is 4.88 Å². The third kappa shape index (κ3) is 5.32. The number of carbonyl (C=O) groups is 3. The van der Waals surface area contributed by atoms with Crippen molar-refractivity contribution in [3.63, 3.8) is 0 Å². The van der Waals surface area contributed by atoms with E-state index in [9.17, 15) is 14.4 Å². The molecule has 2 heterocycles. The molecule has 0 aliphatic carbocycles. The lowest BCUT2D eigenvalue weighted by atomic mass is 10.1. The maximum atomic E-state index is 13.7. The fourth-order valence-electron chi connectivity index (χ4n) is 3.13. The number of benzene rings is 1. The Morgan fingerprint density at radius 1 is 1.12 bits per heavy atom. The summed E-state index contributed by atoms with van der Waals surface area (Å²) >= 11 is 2.17. The smallest absolute Gasteiger partial charge is 0.270 e. The van der Waals surface area contributed by atoms with Crippen molar-refractivity contribution in [1.29, 1.82) is 0 Å². The molecule has 0 radical (unpaired) electrons. The van der Waals surface area contributed by atoms with E-state index in [1.54, 1.807) is 0 Å². The van der Waals surface area contributed by atoms with Gasteiger partial charge in [0.15, 0.2) is 5.69 Å². The molecular formula is C22H25N5O3S2. The number of nitrogen functional groups attached to an aromatic ring is 1. The number of nitrogens with one attached hydrogen (secondary N) is 1. The minimum Gasteiger partial charge on any atom is -0.395 e. The number of rotatable bonds is 7. The predicted octanol–water partition coefficient (Wildman–Crippen LogP) is 3.18. The molecule has 32 heavy (non-hydrogen) atoms. The van der Waals surface area contributed by atoms with Crippen molar-refractivity contribution < 1.29 is 14.4 Å². The van der Waals surface area contributed by atoms with E-state index in [1.807, 2.05) is 68.6 Å². The van der Waals surface area contributed by atoms with Gasteiger partial charge in [0, 0.05) is 17.0 Å². The number of nitrogens with zero attached hydrogens (tertiary/aromatic N) is 2. The van der Waals surface area contributed by atoms with Crippen LogP contribution in [0.5, 0.6) is 0 Å². The average molecular weight is 472 g/mol. The number of primary amides is 1. The monoisotopic (exact) mass is 471 g/mol. The first kappa shape index (κ1) is 23.4. The molecule has 0 saturated heterocycles. The molecular weight excluding hydrogens is 446 g/mol. The summed E-state index contributed by atoms with van der Waals surface area (Å²) < 4.78 is 3.95. The van der Waals surface area contributed by atoms with Gasteiger partial charge in [-0.05, 0) is 49.3 Å². The molecule has 0 aliphatic rings. The molecule has 0 bridgehead atoms. The lowest BCUT2D eigenvalue weighted by molar-refractivity contribution is -0.127. The van der Waals surface area contributed by atoms with E-state index < -0.39 is 23.4 Å². The molecule has 3 rings (SSSR count). The SMILES string of the molecule is CC(C)(C)NC(=O)[C@@H](c1cccs1)N(Cc1ccccc1)C(=O)c1snc(C(N)=O)c1N. The van der Waals surface area contributed by atoms with Crippen LogP contribution in [0.3, 0.4) is 0 Å². The van der Waals surface area contributed by atoms with Crippen LogP contribution >= 0.6 is 22.9 Å². The summed E-state index contributed by atoms with van der Waals surface area (Å²) in [5.74, 6) is -1.63. The highest BCUT2D eigenvalue weighted by atomic mass is 32.1. The van der Waals surface area contributed by atoms with Gasteiger partial charge in [0.05, 0.1) is 5.69 Å². The van der Waals surface area contributed by atoms with E-state index in [1.165, 1.54) is 16.2 Å². The number of anilines is 1. The van der Waals surface area contributed by atoms with Gasteiger partial charge in [0.2, 0.25) is 5.91 Å². The summed E-state index contributed by atoms with van der Waals surface area (Å²) in [6, 6.07) is 12.1. The summed E-state index contributed by atoms with van der Waals surface area (Å²) in [7, 11) is 0. The van der Waals surface area contributed by atoms with Gasteiger partial charge in [-0.3, -0.25) is 14.4 Å². The molecule has 0 spiro atoms. The maximum absolute atomic E-state index is 13.7. The Morgan fingerprint density at radius 3 is 2.34 bits per heavy atom. The second-order valence-electron chi connectivity index (χ2n) is 8.21. The van der Waals surface area contributed by atoms with Gasteiger partial charge < -0.3 is 21.7 Å². The van der Waals surface area contributed by atoms with Gasteiger partial charge >= 0.3 is 0 Å². The number of nitrogens with two attached hydrogens (primary N) is 2. The molecule has 2 aromatic heterocycles. The van der Waals surface area contributed by atoms with Gasteiger partial charge in [0.25, 0.3) is 11.8 Å². The summed E-state index contributed by atoms with van der Waals surface area (Å²) in [4.78, 5) is 40.9. The Morgan fingerprint density at radius 2 is 1.81 bits per heavy atom. The molecule has 8 nitrogen and oxygen atoms in total. The van der Waals surface area contributed by atoms with Crippen LogP contribution in [-0.2, 0) is 11.3 Å². The first-order chi connectivity index (χ1) is 15.1. The lowest BCUT2D eigenvalue weighted by Crippen LogP contribution is -2.48. The molecule has 0 fully saturated rings. The fourth-order valence-corrected chi connectivity index (χ4v) is 4.73. The van der Waals surface area contributed by atoms with Crippen molar-refractivity contribution in [1.82, 2.24) is 14.6 Å². The van der Waals surface area contributed by atoms with Crippen LogP contribution in [0.2, 0.25) is 0 Å². The highest BCUT2D eigenvalue weighted by molar-refractivity contribution is 7.10. The van der Waals surface area contributed by atoms with Gasteiger partial charge in [-0.2, -0.15) is 4.37 Å². The van der Waals surface area contributed by atoms with Gasteiger partial charge in [0.1, 0.15) is 10.9 Å². The van der Waals surface area contributed by atoms with Gasteiger partial charge in [-0.25, -0.2) is 0 Å². The third-order valence-corrected chi connectivity index (χ3v) is 6.26. The first-order valence-electron chi connectivity index (χ1n) is 9.83. The van der Waals surface area contributed by atoms with E-state index in [0.717, 1.165) is 17.1 Å². The Bertz CT molecular complexity index is 1100. The fraction of sp³-hybridized carbons (Fsp3) is 0.273. The zero-order valence-corrected chi connectivity index (χ0v) is 19.6. The summed E-state index contributed by atoms with van der Waals surface area (Å²) in [5, 5.41) is 4.83. The first-order valence-corrected chi connectivity index (χ1v) is 11.5. The van der Waals surface area contributed by atoms with Crippen LogP contribution in [0.1, 0.15) is 57.4 Å². The summed E-state index contributed by atoms with van der Waals surface area (Å²) in [6.45, 7) is 5.78. The number of hydrogen-bond donors (Lipinski definition) is 3. The second kappa shape index (κ2) is 9.49. The molecule has 3 aromatic rings. The Balaban J connectivity index is 2.10. The van der Waals surface area contributed by atoms with Crippen molar-refractivity contribution >= 4 is 46.3 Å². The van der Waals surface area contributed by atoms with Crippen LogP contribution in [0.4, 0.5) is 5.69 Å². The molecule has 1 aromatic carbocycles. The Hall–Kier alpha value is -3.24. The summed E-state index contributed by atoms with van der Waals surface area (Å²) in [6.07, 6.45) is 0. The van der Waals surface area contributed by atoms with Crippen molar-refractivity contribution in [3.8, 4) is 0 Å². The normalized spacial score (nSPS) is 12.2. The molecule has 0 saturated carbocycles. The number of thiophene rings is 1. The number of hydrogen-bond acceptors (Lipinski definition) is 7. The zero-order chi connectivity index (χ0) is 23.5. The molecule has 3 amide bonds. The van der Waals surface area contributed by atoms with Crippen molar-refractivity contribution in [3.05, 3.63) is 68.9 Å². The van der Waals surface area contributed by atoms with Crippen molar-refractivity contribution in [2.45, 2.75) is 38.9 Å². The van der Waals surface area contributed by atoms with Gasteiger partial charge in [-0.15, -0.1) is 11.3 Å². The summed E-state index contributed by atoms with van der Waals surface area (Å²) in [5.41, 5.74) is 11.5. The zero-order valence-electron chi connectivity index (χ0n) is 18.0. The number of aromatic nitrogens is 1. The van der Waals surface area contributed by atoms with Gasteiger partial charge in [-0.1, -0.05) is 36.4 Å². The van der Waals surface area contributed by atoms with E-state index in [2.05, 4.69) is 9.69 Å². The third-order valence-electron chi connectivity index (χ3n) is 4.48. The Kier molecular flexibility index (Phi) is 6.95. The van der Waals surface area contributed by atoms with Crippen LogP contribution < -0.4 is 16.8 Å². The Labute approximate surface area is 194 Å². The van der Waals surface area contributed by atoms with Crippen LogP contribution in [0.25, 0.3) is 0 Å².